The summed E-state index contributed by atoms with van der Waals surface area (Å²) in [5.74, 6) is 0.296. The van der Waals surface area contributed by atoms with Crippen LogP contribution in [0.2, 0.25) is 0 Å². The summed E-state index contributed by atoms with van der Waals surface area (Å²) in [5, 5.41) is 9.86. The van der Waals surface area contributed by atoms with Gasteiger partial charge >= 0.3 is 0 Å². The molecule has 0 aliphatic carbocycles. The monoisotopic (exact) mass is 333 g/mol. The molecule has 0 radical (unpaired) electrons. The molecule has 0 saturated heterocycles. The van der Waals surface area contributed by atoms with E-state index in [2.05, 4.69) is 14.9 Å². The third-order valence-electron chi connectivity index (χ3n) is 3.95. The van der Waals surface area contributed by atoms with E-state index in [9.17, 15) is 13.5 Å². The standard InChI is InChI=1S/C16H19N3O3S/c1-11-3-4-15(20)12(7-11)9-19-6-5-14-13(10-19)8-17-16(18-14)23(2,21)22/h3-4,7-8,20H,5-6,9-10H2,1-2H3. The third-order valence-corrected chi connectivity index (χ3v) is 4.81. The summed E-state index contributed by atoms with van der Waals surface area (Å²) in [6.45, 7) is 4.04. The number of phenolic OH excluding ortho intramolecular Hbond substituents is 1. The molecule has 2 heterocycles. The summed E-state index contributed by atoms with van der Waals surface area (Å²) in [6.07, 6.45) is 3.39. The second-order valence-corrected chi connectivity index (χ2v) is 7.90. The number of fused-ring (bicyclic) bond motifs is 1. The van der Waals surface area contributed by atoms with Crippen LogP contribution in [-0.4, -0.2) is 41.2 Å². The van der Waals surface area contributed by atoms with E-state index < -0.39 is 9.84 Å². The first kappa shape index (κ1) is 15.9. The Balaban J connectivity index is 1.79. The van der Waals surface area contributed by atoms with Gasteiger partial charge in [0.1, 0.15) is 5.75 Å². The van der Waals surface area contributed by atoms with Crippen molar-refractivity contribution >= 4 is 9.84 Å². The molecule has 0 bridgehead atoms. The van der Waals surface area contributed by atoms with Crippen LogP contribution in [0.5, 0.6) is 5.75 Å². The number of hydrogen-bond donors (Lipinski definition) is 1. The number of sulfone groups is 1. The van der Waals surface area contributed by atoms with Gasteiger partial charge < -0.3 is 5.11 Å². The Labute approximate surface area is 135 Å². The van der Waals surface area contributed by atoms with Crippen LogP contribution < -0.4 is 0 Å². The van der Waals surface area contributed by atoms with Crippen LogP contribution in [0.1, 0.15) is 22.4 Å². The van der Waals surface area contributed by atoms with Gasteiger partial charge in [0, 0.05) is 49.6 Å². The molecule has 1 aliphatic heterocycles. The number of aromatic hydroxyl groups is 1. The quantitative estimate of drug-likeness (QED) is 0.856. The van der Waals surface area contributed by atoms with Gasteiger partial charge in [0.15, 0.2) is 0 Å². The maximum atomic E-state index is 11.5. The summed E-state index contributed by atoms with van der Waals surface area (Å²) >= 11 is 0. The Morgan fingerprint density at radius 2 is 2.13 bits per heavy atom. The van der Waals surface area contributed by atoms with Gasteiger partial charge in [0.05, 0.1) is 5.69 Å². The summed E-state index contributed by atoms with van der Waals surface area (Å²) in [4.78, 5) is 10.3. The van der Waals surface area contributed by atoms with Crippen LogP contribution in [0.3, 0.4) is 0 Å². The molecule has 7 heteroatoms. The van der Waals surface area contributed by atoms with Crippen molar-refractivity contribution in [2.75, 3.05) is 12.8 Å². The molecule has 1 aliphatic rings. The molecule has 23 heavy (non-hydrogen) atoms. The van der Waals surface area contributed by atoms with Crippen LogP contribution in [0.25, 0.3) is 0 Å². The molecule has 1 N–H and O–H groups in total. The molecular formula is C16H19N3O3S. The Hall–Kier alpha value is -1.99. The molecule has 1 aromatic carbocycles. The van der Waals surface area contributed by atoms with Crippen molar-refractivity contribution in [1.29, 1.82) is 0 Å². The maximum absolute atomic E-state index is 11.5. The van der Waals surface area contributed by atoms with Gasteiger partial charge in [-0.1, -0.05) is 17.7 Å². The number of hydrogen-bond acceptors (Lipinski definition) is 6. The van der Waals surface area contributed by atoms with E-state index in [0.717, 1.165) is 35.2 Å². The highest BCUT2D eigenvalue weighted by Crippen LogP contribution is 2.24. The van der Waals surface area contributed by atoms with E-state index in [1.807, 2.05) is 19.1 Å². The van der Waals surface area contributed by atoms with Gasteiger partial charge in [-0.15, -0.1) is 0 Å². The largest absolute Gasteiger partial charge is 0.508 e. The summed E-state index contributed by atoms with van der Waals surface area (Å²) in [6, 6.07) is 5.57. The minimum atomic E-state index is -3.38. The van der Waals surface area contributed by atoms with Crippen LogP contribution in [0, 0.1) is 6.92 Å². The lowest BCUT2D eigenvalue weighted by molar-refractivity contribution is 0.239. The lowest BCUT2D eigenvalue weighted by Crippen LogP contribution is -2.31. The fourth-order valence-corrected chi connectivity index (χ4v) is 3.27. The number of phenols is 1. The highest BCUT2D eigenvalue weighted by atomic mass is 32.2. The van der Waals surface area contributed by atoms with Crippen molar-refractivity contribution in [2.24, 2.45) is 0 Å². The van der Waals surface area contributed by atoms with E-state index in [0.29, 0.717) is 25.3 Å². The highest BCUT2D eigenvalue weighted by molar-refractivity contribution is 7.90. The zero-order valence-electron chi connectivity index (χ0n) is 13.2. The molecule has 0 saturated carbocycles. The molecule has 3 rings (SSSR count). The molecule has 6 nitrogen and oxygen atoms in total. The summed E-state index contributed by atoms with van der Waals surface area (Å²) in [5.41, 5.74) is 3.74. The van der Waals surface area contributed by atoms with Gasteiger partial charge in [-0.3, -0.25) is 4.90 Å². The number of nitrogens with zero attached hydrogens (tertiary/aromatic N) is 3. The normalized spacial score (nSPS) is 15.4. The second kappa shape index (κ2) is 5.90. The number of aryl methyl sites for hydroxylation is 1. The maximum Gasteiger partial charge on any atom is 0.246 e. The van der Waals surface area contributed by atoms with Crippen molar-refractivity contribution in [1.82, 2.24) is 14.9 Å². The molecular weight excluding hydrogens is 314 g/mol. The number of benzene rings is 1. The van der Waals surface area contributed by atoms with Crippen molar-refractivity contribution in [3.63, 3.8) is 0 Å². The smallest absolute Gasteiger partial charge is 0.246 e. The average Bonchev–Trinajstić information content (AvgIpc) is 2.49. The first-order valence-corrected chi connectivity index (χ1v) is 9.28. The van der Waals surface area contributed by atoms with Crippen molar-refractivity contribution in [2.45, 2.75) is 31.6 Å². The van der Waals surface area contributed by atoms with Gasteiger partial charge in [-0.2, -0.15) is 0 Å². The summed E-state index contributed by atoms with van der Waals surface area (Å²) < 4.78 is 23.1. The Bertz CT molecular complexity index is 850. The minimum Gasteiger partial charge on any atom is -0.508 e. The van der Waals surface area contributed by atoms with Crippen molar-refractivity contribution in [3.05, 3.63) is 46.8 Å². The van der Waals surface area contributed by atoms with Crippen LogP contribution in [-0.2, 0) is 29.3 Å². The van der Waals surface area contributed by atoms with Crippen LogP contribution in [0.15, 0.2) is 29.6 Å². The predicted octanol–water partition coefficient (Wildman–Crippen LogP) is 1.45. The number of rotatable bonds is 3. The van der Waals surface area contributed by atoms with Gasteiger partial charge in [0.2, 0.25) is 15.0 Å². The highest BCUT2D eigenvalue weighted by Gasteiger charge is 2.21. The summed E-state index contributed by atoms with van der Waals surface area (Å²) in [7, 11) is -3.38. The van der Waals surface area contributed by atoms with Crippen LogP contribution >= 0.6 is 0 Å². The minimum absolute atomic E-state index is 0.110. The third kappa shape index (κ3) is 3.51. The molecule has 1 aromatic heterocycles. The fraction of sp³-hybridized carbons (Fsp3) is 0.375. The molecule has 0 fully saturated rings. The van der Waals surface area contributed by atoms with E-state index in [1.165, 1.54) is 0 Å². The average molecular weight is 333 g/mol. The van der Waals surface area contributed by atoms with E-state index >= 15 is 0 Å². The molecule has 122 valence electrons. The van der Waals surface area contributed by atoms with E-state index in [-0.39, 0.29) is 5.16 Å². The molecule has 0 amide bonds. The van der Waals surface area contributed by atoms with Gasteiger partial charge in [-0.05, 0) is 13.0 Å². The first-order chi connectivity index (χ1) is 10.8. The topological polar surface area (TPSA) is 83.4 Å². The molecule has 2 aromatic rings. The van der Waals surface area contributed by atoms with E-state index in [4.69, 9.17) is 0 Å². The van der Waals surface area contributed by atoms with Crippen molar-refractivity contribution in [3.8, 4) is 5.75 Å². The molecule has 0 atom stereocenters. The zero-order valence-corrected chi connectivity index (χ0v) is 14.0. The first-order valence-electron chi connectivity index (χ1n) is 7.38. The Kier molecular flexibility index (Phi) is 4.08. The van der Waals surface area contributed by atoms with Crippen molar-refractivity contribution < 1.29 is 13.5 Å². The van der Waals surface area contributed by atoms with Gasteiger partial charge in [-0.25, -0.2) is 18.4 Å². The Morgan fingerprint density at radius 1 is 1.35 bits per heavy atom. The fourth-order valence-electron chi connectivity index (χ4n) is 2.75. The molecule has 0 unspecified atom stereocenters. The number of aromatic nitrogens is 2. The zero-order chi connectivity index (χ0) is 16.6. The lowest BCUT2D eigenvalue weighted by atomic mass is 10.1. The van der Waals surface area contributed by atoms with Crippen LogP contribution in [0.4, 0.5) is 0 Å². The molecule has 0 spiro atoms. The Morgan fingerprint density at radius 3 is 2.87 bits per heavy atom. The van der Waals surface area contributed by atoms with E-state index in [1.54, 1.807) is 12.3 Å². The van der Waals surface area contributed by atoms with Gasteiger partial charge in [0.25, 0.3) is 0 Å². The second-order valence-electron chi connectivity index (χ2n) is 5.99. The SMILES string of the molecule is Cc1ccc(O)c(CN2CCc3nc(S(C)(=O)=O)ncc3C2)c1. The predicted molar refractivity (Wildman–Crippen MR) is 85.8 cm³/mol. The lowest BCUT2D eigenvalue weighted by Gasteiger charge is -2.28.